The van der Waals surface area contributed by atoms with Gasteiger partial charge in [-0.25, -0.2) is 0 Å². The molecule has 0 bridgehead atoms. The summed E-state index contributed by atoms with van der Waals surface area (Å²) in [7, 11) is 0. The predicted molar refractivity (Wildman–Crippen MR) is 57.5 cm³/mol. The number of pyridine rings is 1. The van der Waals surface area contributed by atoms with Crippen molar-refractivity contribution in [3.63, 3.8) is 0 Å². The molecule has 1 heterocycles. The monoisotopic (exact) mass is 216 g/mol. The highest BCUT2D eigenvalue weighted by Gasteiger charge is 2.09. The largest absolute Gasteiger partial charge is 0.618 e. The van der Waals surface area contributed by atoms with E-state index in [1.54, 1.807) is 30.3 Å². The number of benzene rings is 1. The molecule has 0 amide bonds. The van der Waals surface area contributed by atoms with Crippen LogP contribution >= 0.6 is 0 Å². The van der Waals surface area contributed by atoms with E-state index in [0.717, 1.165) is 4.73 Å². The molecule has 0 aliphatic rings. The number of nitro benzene ring substituents is 1. The normalized spacial score (nSPS) is 10.0. The molecule has 2 rings (SSSR count). The minimum atomic E-state index is -0.472. The van der Waals surface area contributed by atoms with E-state index < -0.39 is 4.92 Å². The van der Waals surface area contributed by atoms with E-state index in [0.29, 0.717) is 11.3 Å². The van der Waals surface area contributed by atoms with Crippen molar-refractivity contribution >= 4 is 5.69 Å². The molecule has 0 aliphatic heterocycles. The van der Waals surface area contributed by atoms with Crippen molar-refractivity contribution in [1.82, 2.24) is 0 Å². The molecular weight excluding hydrogens is 208 g/mol. The molecule has 0 aliphatic carbocycles. The third kappa shape index (κ3) is 1.83. The van der Waals surface area contributed by atoms with Gasteiger partial charge in [0.25, 0.3) is 5.69 Å². The summed E-state index contributed by atoms with van der Waals surface area (Å²) in [6.07, 6.45) is 1.39. The van der Waals surface area contributed by atoms with Crippen molar-refractivity contribution in [3.8, 4) is 11.3 Å². The van der Waals surface area contributed by atoms with Crippen LogP contribution in [0.15, 0.2) is 48.7 Å². The van der Waals surface area contributed by atoms with Crippen LogP contribution in [-0.4, -0.2) is 4.92 Å². The van der Waals surface area contributed by atoms with Gasteiger partial charge < -0.3 is 5.21 Å². The molecule has 1 aromatic carbocycles. The molecule has 0 radical (unpaired) electrons. The number of non-ortho nitro benzene ring substituents is 1. The lowest BCUT2D eigenvalue weighted by Gasteiger charge is -2.02. The highest BCUT2D eigenvalue weighted by Crippen LogP contribution is 2.19. The Morgan fingerprint density at radius 2 is 1.75 bits per heavy atom. The van der Waals surface area contributed by atoms with Crippen LogP contribution in [-0.2, 0) is 0 Å². The summed E-state index contributed by atoms with van der Waals surface area (Å²) in [5.74, 6) is 0. The third-order valence-corrected chi connectivity index (χ3v) is 2.20. The molecule has 0 fully saturated rings. The van der Waals surface area contributed by atoms with Crippen LogP contribution in [0.3, 0.4) is 0 Å². The molecule has 0 unspecified atom stereocenters. The first-order chi connectivity index (χ1) is 7.68. The Kier molecular flexibility index (Phi) is 2.51. The highest BCUT2D eigenvalue weighted by molar-refractivity contribution is 5.58. The SMILES string of the molecule is O=[N+]([O-])c1ccc(-c2cccc[n+]2[O-])cc1. The molecular formula is C11H8N2O3. The second-order valence-electron chi connectivity index (χ2n) is 3.22. The van der Waals surface area contributed by atoms with Crippen molar-refractivity contribution in [2.75, 3.05) is 0 Å². The molecule has 0 saturated carbocycles. The fourth-order valence-corrected chi connectivity index (χ4v) is 1.41. The van der Waals surface area contributed by atoms with Gasteiger partial charge in [0.15, 0.2) is 6.20 Å². The molecule has 5 heteroatoms. The first kappa shape index (κ1) is 10.1. The number of nitrogens with zero attached hydrogens (tertiary/aromatic N) is 2. The van der Waals surface area contributed by atoms with Gasteiger partial charge in [0.05, 0.1) is 4.92 Å². The number of aromatic nitrogens is 1. The van der Waals surface area contributed by atoms with Gasteiger partial charge in [0, 0.05) is 29.8 Å². The fourth-order valence-electron chi connectivity index (χ4n) is 1.41. The maximum Gasteiger partial charge on any atom is 0.269 e. The van der Waals surface area contributed by atoms with Gasteiger partial charge in [-0.15, -0.1) is 0 Å². The Labute approximate surface area is 91.3 Å². The summed E-state index contributed by atoms with van der Waals surface area (Å²) in [4.78, 5) is 9.98. The summed E-state index contributed by atoms with van der Waals surface area (Å²) in [5, 5.41) is 21.9. The molecule has 1 aromatic heterocycles. The third-order valence-electron chi connectivity index (χ3n) is 2.20. The van der Waals surface area contributed by atoms with E-state index >= 15 is 0 Å². The molecule has 0 atom stereocenters. The molecule has 0 spiro atoms. The lowest BCUT2D eigenvalue weighted by Crippen LogP contribution is -2.27. The van der Waals surface area contributed by atoms with E-state index in [-0.39, 0.29) is 5.69 Å². The zero-order valence-corrected chi connectivity index (χ0v) is 8.24. The number of rotatable bonds is 2. The first-order valence-corrected chi connectivity index (χ1v) is 4.61. The van der Waals surface area contributed by atoms with E-state index in [1.807, 2.05) is 0 Å². The minimum Gasteiger partial charge on any atom is -0.618 e. The zero-order chi connectivity index (χ0) is 11.5. The Morgan fingerprint density at radius 3 is 2.31 bits per heavy atom. The van der Waals surface area contributed by atoms with Crippen LogP contribution in [0.1, 0.15) is 0 Å². The van der Waals surface area contributed by atoms with E-state index in [2.05, 4.69) is 0 Å². The average Bonchev–Trinajstić information content (AvgIpc) is 2.30. The maximum atomic E-state index is 11.4. The van der Waals surface area contributed by atoms with Gasteiger partial charge in [-0.3, -0.25) is 10.1 Å². The topological polar surface area (TPSA) is 70.1 Å². The highest BCUT2D eigenvalue weighted by atomic mass is 16.6. The quantitative estimate of drug-likeness (QED) is 0.333. The molecule has 5 nitrogen and oxygen atoms in total. The van der Waals surface area contributed by atoms with Crippen LogP contribution < -0.4 is 4.73 Å². The summed E-state index contributed by atoms with van der Waals surface area (Å²) in [6, 6.07) is 10.9. The predicted octanol–water partition coefficient (Wildman–Crippen LogP) is 1.90. The Bertz CT molecular complexity index is 523. The fraction of sp³-hybridized carbons (Fsp3) is 0. The Hall–Kier alpha value is -2.43. The summed E-state index contributed by atoms with van der Waals surface area (Å²) in [6.45, 7) is 0. The second kappa shape index (κ2) is 3.98. The van der Waals surface area contributed by atoms with Crippen molar-refractivity contribution in [2.24, 2.45) is 0 Å². The lowest BCUT2D eigenvalue weighted by atomic mass is 10.1. The molecule has 2 aromatic rings. The summed E-state index contributed by atoms with van der Waals surface area (Å²) >= 11 is 0. The van der Waals surface area contributed by atoms with Crippen molar-refractivity contribution in [3.05, 3.63) is 64.0 Å². The summed E-state index contributed by atoms with van der Waals surface area (Å²) in [5.41, 5.74) is 1.13. The average molecular weight is 216 g/mol. The van der Waals surface area contributed by atoms with Crippen molar-refractivity contribution in [1.29, 1.82) is 0 Å². The maximum absolute atomic E-state index is 11.4. The minimum absolute atomic E-state index is 0.0112. The number of nitro groups is 1. The standard InChI is InChI=1S/C11H8N2O3/c14-12-8-2-1-3-11(12)9-4-6-10(7-5-9)13(15)16/h1-8H. The van der Waals surface area contributed by atoms with Crippen molar-refractivity contribution < 1.29 is 9.65 Å². The number of hydrogen-bond acceptors (Lipinski definition) is 3. The van der Waals surface area contributed by atoms with Gasteiger partial charge >= 0.3 is 0 Å². The smallest absolute Gasteiger partial charge is 0.269 e. The summed E-state index contributed by atoms with van der Waals surface area (Å²) < 4.78 is 0.723. The molecule has 0 saturated heterocycles. The molecule has 80 valence electrons. The van der Waals surface area contributed by atoms with E-state index in [1.165, 1.54) is 18.3 Å². The van der Waals surface area contributed by atoms with Gasteiger partial charge in [-0.1, -0.05) is 0 Å². The van der Waals surface area contributed by atoms with Gasteiger partial charge in [0.1, 0.15) is 0 Å². The van der Waals surface area contributed by atoms with Crippen LogP contribution in [0, 0.1) is 15.3 Å². The molecule has 0 N–H and O–H groups in total. The lowest BCUT2D eigenvalue weighted by molar-refractivity contribution is -0.593. The first-order valence-electron chi connectivity index (χ1n) is 4.61. The molecule has 16 heavy (non-hydrogen) atoms. The van der Waals surface area contributed by atoms with Gasteiger partial charge in [-0.2, -0.15) is 4.73 Å². The van der Waals surface area contributed by atoms with E-state index in [4.69, 9.17) is 0 Å². The Morgan fingerprint density at radius 1 is 1.06 bits per heavy atom. The van der Waals surface area contributed by atoms with Crippen LogP contribution in [0.2, 0.25) is 0 Å². The zero-order valence-electron chi connectivity index (χ0n) is 8.24. The van der Waals surface area contributed by atoms with Crippen LogP contribution in [0.25, 0.3) is 11.3 Å². The van der Waals surface area contributed by atoms with E-state index in [9.17, 15) is 15.3 Å². The van der Waals surface area contributed by atoms with Gasteiger partial charge in [-0.05, 0) is 18.2 Å². The second-order valence-corrected chi connectivity index (χ2v) is 3.22. The van der Waals surface area contributed by atoms with Gasteiger partial charge in [0.2, 0.25) is 5.69 Å². The number of hydrogen-bond donors (Lipinski definition) is 0. The Balaban J connectivity index is 2.43. The van der Waals surface area contributed by atoms with Crippen molar-refractivity contribution in [2.45, 2.75) is 0 Å². The van der Waals surface area contributed by atoms with Crippen LogP contribution in [0.5, 0.6) is 0 Å². The van der Waals surface area contributed by atoms with Crippen LogP contribution in [0.4, 0.5) is 5.69 Å².